The average molecular weight is 260 g/mol. The fourth-order valence-electron chi connectivity index (χ4n) is 1.53. The summed E-state index contributed by atoms with van der Waals surface area (Å²) >= 11 is 0. The molecule has 1 atom stereocenters. The zero-order chi connectivity index (χ0) is 14.3. The van der Waals surface area contributed by atoms with Gasteiger partial charge in [-0.25, -0.2) is 4.79 Å². The minimum absolute atomic E-state index is 0.195. The molecule has 0 aliphatic carbocycles. The van der Waals surface area contributed by atoms with Gasteiger partial charge in [-0.1, -0.05) is 6.92 Å². The standard InChI is InChI=1S/C12H24N2O4/c1-6-14(7-9(2)10(15)16)11(17)13-12(3,4)8-18-5/h9H,6-8H2,1-5H3,(H,13,17)(H,15,16). The maximum Gasteiger partial charge on any atom is 0.317 e. The Kier molecular flexibility index (Phi) is 6.68. The monoisotopic (exact) mass is 260 g/mol. The molecule has 0 spiro atoms. The molecule has 1 unspecified atom stereocenters. The molecule has 106 valence electrons. The van der Waals surface area contributed by atoms with Gasteiger partial charge in [0.1, 0.15) is 0 Å². The predicted molar refractivity (Wildman–Crippen MR) is 68.5 cm³/mol. The maximum atomic E-state index is 12.0. The van der Waals surface area contributed by atoms with Gasteiger partial charge in [0, 0.05) is 20.2 Å². The summed E-state index contributed by atoms with van der Waals surface area (Å²) in [6.07, 6.45) is 0. The Morgan fingerprint density at radius 1 is 1.44 bits per heavy atom. The number of amides is 2. The summed E-state index contributed by atoms with van der Waals surface area (Å²) in [5.41, 5.74) is -0.480. The van der Waals surface area contributed by atoms with Crippen molar-refractivity contribution in [1.29, 1.82) is 0 Å². The van der Waals surface area contributed by atoms with E-state index in [1.54, 1.807) is 14.0 Å². The Balaban J connectivity index is 4.48. The summed E-state index contributed by atoms with van der Waals surface area (Å²) in [5.74, 6) is -1.49. The summed E-state index contributed by atoms with van der Waals surface area (Å²) in [6.45, 7) is 8.15. The summed E-state index contributed by atoms with van der Waals surface area (Å²) in [5, 5.41) is 11.7. The van der Waals surface area contributed by atoms with Crippen LogP contribution < -0.4 is 5.32 Å². The molecular formula is C12H24N2O4. The quantitative estimate of drug-likeness (QED) is 0.720. The van der Waals surface area contributed by atoms with E-state index >= 15 is 0 Å². The van der Waals surface area contributed by atoms with Gasteiger partial charge in [-0.3, -0.25) is 4.79 Å². The highest BCUT2D eigenvalue weighted by Gasteiger charge is 2.25. The third-order valence-electron chi connectivity index (χ3n) is 2.54. The Morgan fingerprint density at radius 2 is 2.00 bits per heavy atom. The van der Waals surface area contributed by atoms with Crippen LogP contribution in [0.15, 0.2) is 0 Å². The van der Waals surface area contributed by atoms with Gasteiger partial charge in [-0.15, -0.1) is 0 Å². The highest BCUT2D eigenvalue weighted by atomic mass is 16.5. The number of rotatable bonds is 7. The van der Waals surface area contributed by atoms with E-state index in [-0.39, 0.29) is 12.6 Å². The second-order valence-corrected chi connectivity index (χ2v) is 5.02. The van der Waals surface area contributed by atoms with Gasteiger partial charge < -0.3 is 20.1 Å². The third-order valence-corrected chi connectivity index (χ3v) is 2.54. The van der Waals surface area contributed by atoms with Crippen LogP contribution in [-0.2, 0) is 9.53 Å². The third kappa shape index (κ3) is 5.86. The number of nitrogens with one attached hydrogen (secondary N) is 1. The van der Waals surface area contributed by atoms with E-state index < -0.39 is 17.4 Å². The minimum Gasteiger partial charge on any atom is -0.481 e. The van der Waals surface area contributed by atoms with Crippen molar-refractivity contribution >= 4 is 12.0 Å². The van der Waals surface area contributed by atoms with Crippen molar-refractivity contribution in [3.63, 3.8) is 0 Å². The molecule has 0 aliphatic rings. The number of hydrogen-bond acceptors (Lipinski definition) is 3. The van der Waals surface area contributed by atoms with Crippen LogP contribution in [0.4, 0.5) is 4.79 Å². The molecule has 0 aromatic carbocycles. The molecule has 6 heteroatoms. The van der Waals surface area contributed by atoms with Crippen molar-refractivity contribution in [2.75, 3.05) is 26.8 Å². The van der Waals surface area contributed by atoms with Crippen LogP contribution in [0.25, 0.3) is 0 Å². The lowest BCUT2D eigenvalue weighted by atomic mass is 10.1. The molecular weight excluding hydrogens is 236 g/mol. The molecule has 0 aliphatic heterocycles. The molecule has 0 aromatic rings. The fraction of sp³-hybridized carbons (Fsp3) is 0.833. The molecule has 0 bridgehead atoms. The SMILES string of the molecule is CCN(CC(C)C(=O)O)C(=O)NC(C)(C)COC. The van der Waals surface area contributed by atoms with Crippen LogP contribution in [0.1, 0.15) is 27.7 Å². The molecule has 2 amide bonds. The molecule has 0 heterocycles. The molecule has 0 fully saturated rings. The number of nitrogens with zero attached hydrogens (tertiary/aromatic N) is 1. The molecule has 2 N–H and O–H groups in total. The largest absolute Gasteiger partial charge is 0.481 e. The highest BCUT2D eigenvalue weighted by Crippen LogP contribution is 2.06. The topological polar surface area (TPSA) is 78.9 Å². The van der Waals surface area contributed by atoms with Crippen molar-refractivity contribution in [2.24, 2.45) is 5.92 Å². The maximum absolute atomic E-state index is 12.0. The van der Waals surface area contributed by atoms with Crippen LogP contribution in [0, 0.1) is 5.92 Å². The van der Waals surface area contributed by atoms with E-state index in [1.807, 2.05) is 20.8 Å². The van der Waals surface area contributed by atoms with E-state index in [0.29, 0.717) is 13.2 Å². The van der Waals surface area contributed by atoms with Gasteiger partial charge >= 0.3 is 12.0 Å². The van der Waals surface area contributed by atoms with Crippen molar-refractivity contribution in [2.45, 2.75) is 33.2 Å². The van der Waals surface area contributed by atoms with Crippen LogP contribution >= 0.6 is 0 Å². The van der Waals surface area contributed by atoms with Crippen molar-refractivity contribution in [3.8, 4) is 0 Å². The van der Waals surface area contributed by atoms with Gasteiger partial charge in [0.05, 0.1) is 18.1 Å². The van der Waals surface area contributed by atoms with Crippen LogP contribution in [0.3, 0.4) is 0 Å². The molecule has 18 heavy (non-hydrogen) atoms. The number of hydrogen-bond donors (Lipinski definition) is 2. The first-order valence-corrected chi connectivity index (χ1v) is 6.02. The number of methoxy groups -OCH3 is 1. The van der Waals surface area contributed by atoms with Crippen LogP contribution in [0.5, 0.6) is 0 Å². The van der Waals surface area contributed by atoms with E-state index in [9.17, 15) is 9.59 Å². The Morgan fingerprint density at radius 3 is 2.39 bits per heavy atom. The molecule has 0 radical (unpaired) electrons. The zero-order valence-corrected chi connectivity index (χ0v) is 11.8. The lowest BCUT2D eigenvalue weighted by molar-refractivity contribution is -0.141. The fourth-order valence-corrected chi connectivity index (χ4v) is 1.53. The smallest absolute Gasteiger partial charge is 0.317 e. The van der Waals surface area contributed by atoms with E-state index in [1.165, 1.54) is 4.90 Å². The van der Waals surface area contributed by atoms with Gasteiger partial charge in [0.15, 0.2) is 0 Å². The normalized spacial score (nSPS) is 12.9. The van der Waals surface area contributed by atoms with Gasteiger partial charge in [0.25, 0.3) is 0 Å². The predicted octanol–water partition coefficient (Wildman–Crippen LogP) is 1.16. The van der Waals surface area contributed by atoms with Crippen molar-refractivity contribution in [3.05, 3.63) is 0 Å². The van der Waals surface area contributed by atoms with Crippen LogP contribution in [0.2, 0.25) is 0 Å². The van der Waals surface area contributed by atoms with Gasteiger partial charge in [-0.05, 0) is 20.8 Å². The number of ether oxygens (including phenoxy) is 1. The Hall–Kier alpha value is -1.30. The molecule has 6 nitrogen and oxygen atoms in total. The number of aliphatic carboxylic acids is 1. The van der Waals surface area contributed by atoms with E-state index in [4.69, 9.17) is 9.84 Å². The van der Waals surface area contributed by atoms with Crippen molar-refractivity contribution in [1.82, 2.24) is 10.2 Å². The summed E-state index contributed by atoms with van der Waals surface area (Å²) in [4.78, 5) is 24.3. The second-order valence-electron chi connectivity index (χ2n) is 5.02. The first kappa shape index (κ1) is 16.7. The van der Waals surface area contributed by atoms with Crippen LogP contribution in [-0.4, -0.2) is 54.4 Å². The molecule has 0 aromatic heterocycles. The number of carboxylic acids is 1. The number of carboxylic acid groups (broad SMARTS) is 1. The Labute approximate surface area is 108 Å². The first-order valence-electron chi connectivity index (χ1n) is 6.02. The minimum atomic E-state index is -0.905. The molecule has 0 saturated carbocycles. The van der Waals surface area contributed by atoms with Crippen molar-refractivity contribution < 1.29 is 19.4 Å². The Bertz CT molecular complexity index is 292. The van der Waals surface area contributed by atoms with E-state index in [0.717, 1.165) is 0 Å². The first-order chi connectivity index (χ1) is 8.23. The highest BCUT2D eigenvalue weighted by molar-refractivity contribution is 5.76. The number of carbonyl (C=O) groups is 2. The zero-order valence-electron chi connectivity index (χ0n) is 11.8. The average Bonchev–Trinajstić information content (AvgIpc) is 2.23. The lowest BCUT2D eigenvalue weighted by Gasteiger charge is -2.30. The molecule has 0 rings (SSSR count). The van der Waals surface area contributed by atoms with Gasteiger partial charge in [-0.2, -0.15) is 0 Å². The summed E-state index contributed by atoms with van der Waals surface area (Å²) in [6, 6.07) is -0.271. The van der Waals surface area contributed by atoms with Gasteiger partial charge in [0.2, 0.25) is 0 Å². The lowest BCUT2D eigenvalue weighted by Crippen LogP contribution is -2.53. The number of carbonyl (C=O) groups excluding carboxylic acids is 1. The van der Waals surface area contributed by atoms with E-state index in [2.05, 4.69) is 5.32 Å². The number of urea groups is 1. The summed E-state index contributed by atoms with van der Waals surface area (Å²) in [7, 11) is 1.57. The second kappa shape index (κ2) is 7.20. The molecule has 0 saturated heterocycles. The summed E-state index contributed by atoms with van der Waals surface area (Å²) < 4.78 is 5.01.